The van der Waals surface area contributed by atoms with Crippen molar-refractivity contribution in [3.8, 4) is 0 Å². The van der Waals surface area contributed by atoms with Crippen LogP contribution in [0, 0.1) is 0 Å². The third-order valence-corrected chi connectivity index (χ3v) is 3.48. The molecule has 1 unspecified atom stereocenters. The molecule has 1 amide bonds. The van der Waals surface area contributed by atoms with Crippen LogP contribution in [0.5, 0.6) is 0 Å². The van der Waals surface area contributed by atoms with Crippen molar-refractivity contribution in [1.29, 1.82) is 0 Å². The monoisotopic (exact) mass is 305 g/mol. The number of thiophene rings is 1. The van der Waals surface area contributed by atoms with Crippen molar-refractivity contribution < 1.29 is 19.4 Å². The molecule has 1 rings (SSSR count). The Hall–Kier alpha value is -1.27. The zero-order chi connectivity index (χ0) is 14.6. The first kappa shape index (κ1) is 15.8. The highest BCUT2D eigenvalue weighted by atomic mass is 35.5. The van der Waals surface area contributed by atoms with Crippen molar-refractivity contribution in [2.45, 2.75) is 38.8 Å². The number of carbonyl (C=O) groups is 2. The van der Waals surface area contributed by atoms with E-state index in [1.165, 1.54) is 11.3 Å². The third-order valence-electron chi connectivity index (χ3n) is 2.07. The summed E-state index contributed by atoms with van der Waals surface area (Å²) in [5.41, 5.74) is -0.673. The number of carboxylic acids is 1. The van der Waals surface area contributed by atoms with E-state index in [4.69, 9.17) is 21.4 Å². The molecule has 0 aliphatic heterocycles. The van der Waals surface area contributed by atoms with Gasteiger partial charge >= 0.3 is 12.1 Å². The molecule has 5 nitrogen and oxygen atoms in total. The second-order valence-electron chi connectivity index (χ2n) is 4.93. The predicted octanol–water partition coefficient (Wildman–Crippen LogP) is 2.92. The second kappa shape index (κ2) is 6.25. The lowest BCUT2D eigenvalue weighted by Crippen LogP contribution is -2.44. The van der Waals surface area contributed by atoms with E-state index in [0.29, 0.717) is 9.90 Å². The number of carboxylic acid groups (broad SMARTS) is 1. The second-order valence-corrected chi connectivity index (χ2v) is 6.34. The Morgan fingerprint density at radius 3 is 2.58 bits per heavy atom. The SMILES string of the molecule is CC(C)(C)OC(=O)NC(Cc1sccc1Cl)C(=O)O. The number of aliphatic carboxylic acids is 1. The molecule has 0 radical (unpaired) electrons. The molecule has 7 heteroatoms. The number of nitrogens with one attached hydrogen (secondary N) is 1. The fraction of sp³-hybridized carbons (Fsp3) is 0.500. The topological polar surface area (TPSA) is 75.6 Å². The minimum absolute atomic E-state index is 0.130. The molecule has 1 heterocycles. The Balaban J connectivity index is 2.67. The molecule has 1 aromatic rings. The van der Waals surface area contributed by atoms with Crippen LogP contribution in [-0.2, 0) is 16.0 Å². The van der Waals surface area contributed by atoms with Crippen molar-refractivity contribution in [3.63, 3.8) is 0 Å². The van der Waals surface area contributed by atoms with Crippen LogP contribution in [0.1, 0.15) is 25.6 Å². The summed E-state index contributed by atoms with van der Waals surface area (Å²) >= 11 is 7.25. The molecule has 106 valence electrons. The van der Waals surface area contributed by atoms with Gasteiger partial charge in [0.05, 0.1) is 5.02 Å². The normalized spacial score (nSPS) is 12.8. The number of carbonyl (C=O) groups excluding carboxylic acids is 1. The van der Waals surface area contributed by atoms with Gasteiger partial charge in [-0.25, -0.2) is 9.59 Å². The summed E-state index contributed by atoms with van der Waals surface area (Å²) in [7, 11) is 0. The average molecular weight is 306 g/mol. The Morgan fingerprint density at radius 2 is 2.16 bits per heavy atom. The van der Waals surface area contributed by atoms with E-state index in [2.05, 4.69) is 5.32 Å². The molecular weight excluding hydrogens is 290 g/mol. The van der Waals surface area contributed by atoms with E-state index < -0.39 is 23.7 Å². The first-order chi connectivity index (χ1) is 8.69. The molecule has 0 spiro atoms. The lowest BCUT2D eigenvalue weighted by atomic mass is 10.2. The molecule has 19 heavy (non-hydrogen) atoms. The van der Waals surface area contributed by atoms with Gasteiger partial charge in [0.1, 0.15) is 11.6 Å². The van der Waals surface area contributed by atoms with Crippen LogP contribution in [0.15, 0.2) is 11.4 Å². The third kappa shape index (κ3) is 5.48. The van der Waals surface area contributed by atoms with Crippen LogP contribution >= 0.6 is 22.9 Å². The number of amides is 1. The maximum atomic E-state index is 11.6. The molecule has 0 bridgehead atoms. The van der Waals surface area contributed by atoms with Crippen molar-refractivity contribution >= 4 is 35.0 Å². The minimum Gasteiger partial charge on any atom is -0.480 e. The number of alkyl carbamates (subject to hydrolysis) is 1. The first-order valence-electron chi connectivity index (χ1n) is 5.63. The van der Waals surface area contributed by atoms with Gasteiger partial charge in [0, 0.05) is 11.3 Å². The van der Waals surface area contributed by atoms with E-state index in [9.17, 15) is 9.59 Å². The van der Waals surface area contributed by atoms with E-state index in [-0.39, 0.29) is 6.42 Å². The zero-order valence-electron chi connectivity index (χ0n) is 10.9. The predicted molar refractivity (Wildman–Crippen MR) is 73.8 cm³/mol. The molecule has 1 aromatic heterocycles. The largest absolute Gasteiger partial charge is 0.480 e. The molecule has 1 atom stereocenters. The summed E-state index contributed by atoms with van der Waals surface area (Å²) in [6, 6.07) is 0.625. The van der Waals surface area contributed by atoms with Gasteiger partial charge in [-0.2, -0.15) is 0 Å². The molecule has 0 saturated heterocycles. The minimum atomic E-state index is -1.13. The van der Waals surface area contributed by atoms with Gasteiger partial charge < -0.3 is 15.2 Å². The summed E-state index contributed by atoms with van der Waals surface area (Å²) in [5, 5.41) is 13.7. The highest BCUT2D eigenvalue weighted by molar-refractivity contribution is 7.10. The zero-order valence-corrected chi connectivity index (χ0v) is 12.5. The van der Waals surface area contributed by atoms with Crippen molar-refractivity contribution in [2.24, 2.45) is 0 Å². The van der Waals surface area contributed by atoms with Crippen LogP contribution in [0.3, 0.4) is 0 Å². The Labute approximate surface area is 120 Å². The summed E-state index contributed by atoms with van der Waals surface area (Å²) in [4.78, 5) is 23.4. The quantitative estimate of drug-likeness (QED) is 0.897. The number of halogens is 1. The number of hydrogen-bond donors (Lipinski definition) is 2. The summed E-state index contributed by atoms with van der Waals surface area (Å²) in [6.07, 6.45) is -0.627. The average Bonchev–Trinajstić information content (AvgIpc) is 2.60. The van der Waals surface area contributed by atoms with Crippen LogP contribution in [0.4, 0.5) is 4.79 Å². The molecule has 0 fully saturated rings. The Bertz CT molecular complexity index is 467. The van der Waals surface area contributed by atoms with E-state index in [1.54, 1.807) is 32.2 Å². The number of rotatable bonds is 4. The van der Waals surface area contributed by atoms with E-state index >= 15 is 0 Å². The molecular formula is C12H16ClNO4S. The number of ether oxygens (including phenoxy) is 1. The fourth-order valence-corrected chi connectivity index (χ4v) is 2.47. The molecule has 0 aromatic carbocycles. The standard InChI is InChI=1S/C12H16ClNO4S/c1-12(2,3)18-11(17)14-8(10(15)16)6-9-7(13)4-5-19-9/h4-5,8H,6H2,1-3H3,(H,14,17)(H,15,16). The van der Waals surface area contributed by atoms with Crippen molar-refractivity contribution in [3.05, 3.63) is 21.3 Å². The van der Waals surface area contributed by atoms with Crippen LogP contribution in [0.2, 0.25) is 5.02 Å². The Morgan fingerprint density at radius 1 is 1.53 bits per heavy atom. The maximum absolute atomic E-state index is 11.6. The summed E-state index contributed by atoms with van der Waals surface area (Å²) in [6.45, 7) is 5.12. The van der Waals surface area contributed by atoms with Crippen molar-refractivity contribution in [1.82, 2.24) is 5.32 Å². The lowest BCUT2D eigenvalue weighted by molar-refractivity contribution is -0.139. The molecule has 0 aliphatic rings. The maximum Gasteiger partial charge on any atom is 0.408 e. The van der Waals surface area contributed by atoms with Crippen LogP contribution in [0.25, 0.3) is 0 Å². The molecule has 0 saturated carbocycles. The van der Waals surface area contributed by atoms with Gasteiger partial charge in [0.2, 0.25) is 0 Å². The van der Waals surface area contributed by atoms with Gasteiger partial charge in [0.15, 0.2) is 0 Å². The molecule has 0 aliphatic carbocycles. The Kier molecular flexibility index (Phi) is 5.20. The van der Waals surface area contributed by atoms with Crippen LogP contribution in [-0.4, -0.2) is 28.8 Å². The van der Waals surface area contributed by atoms with E-state index in [1.807, 2.05) is 0 Å². The van der Waals surface area contributed by atoms with Gasteiger partial charge in [-0.05, 0) is 32.2 Å². The fourth-order valence-electron chi connectivity index (χ4n) is 1.31. The van der Waals surface area contributed by atoms with E-state index in [0.717, 1.165) is 0 Å². The van der Waals surface area contributed by atoms with Gasteiger partial charge in [-0.3, -0.25) is 0 Å². The first-order valence-corrected chi connectivity index (χ1v) is 6.89. The molecule has 2 N–H and O–H groups in total. The lowest BCUT2D eigenvalue weighted by Gasteiger charge is -2.21. The highest BCUT2D eigenvalue weighted by Gasteiger charge is 2.25. The van der Waals surface area contributed by atoms with Gasteiger partial charge in [0.25, 0.3) is 0 Å². The van der Waals surface area contributed by atoms with Crippen LogP contribution < -0.4 is 5.32 Å². The summed E-state index contributed by atoms with van der Waals surface area (Å²) in [5.74, 6) is -1.13. The highest BCUT2D eigenvalue weighted by Crippen LogP contribution is 2.23. The number of hydrogen-bond acceptors (Lipinski definition) is 4. The summed E-state index contributed by atoms with van der Waals surface area (Å²) < 4.78 is 5.02. The van der Waals surface area contributed by atoms with Gasteiger partial charge in [-0.15, -0.1) is 11.3 Å². The smallest absolute Gasteiger partial charge is 0.408 e. The van der Waals surface area contributed by atoms with Crippen molar-refractivity contribution in [2.75, 3.05) is 0 Å². The van der Waals surface area contributed by atoms with Gasteiger partial charge in [-0.1, -0.05) is 11.6 Å².